The molecule has 0 saturated carbocycles. The van der Waals surface area contributed by atoms with Gasteiger partial charge in [0.05, 0.1) is 4.90 Å². The monoisotopic (exact) mass is 376 g/mol. The maximum absolute atomic E-state index is 12.6. The summed E-state index contributed by atoms with van der Waals surface area (Å²) in [5.41, 5.74) is 0. The molecule has 2 rings (SSSR count). The Morgan fingerprint density at radius 2 is 1.62 bits per heavy atom. The van der Waals surface area contributed by atoms with Crippen molar-refractivity contribution in [1.82, 2.24) is 9.62 Å². The van der Waals surface area contributed by atoms with Gasteiger partial charge in [-0.2, -0.15) is 0 Å². The summed E-state index contributed by atoms with van der Waals surface area (Å²) in [6, 6.07) is 12.0. The summed E-state index contributed by atoms with van der Waals surface area (Å²) in [5.74, 6) is -2.17. The minimum Gasteiger partial charge on any atom is -0.343 e. The van der Waals surface area contributed by atoms with Crippen LogP contribution in [-0.2, 0) is 19.6 Å². The van der Waals surface area contributed by atoms with Crippen molar-refractivity contribution in [1.29, 1.82) is 0 Å². The molecule has 2 aromatic rings. The zero-order valence-electron chi connectivity index (χ0n) is 15.2. The molecule has 0 heterocycles. The Morgan fingerprint density at radius 3 is 2.19 bits per heavy atom. The molecule has 0 saturated heterocycles. The molecule has 0 aliphatic rings. The lowest BCUT2D eigenvalue weighted by atomic mass is 10.0. The van der Waals surface area contributed by atoms with E-state index >= 15 is 0 Å². The molecule has 26 heavy (non-hydrogen) atoms. The zero-order chi connectivity index (χ0) is 19.3. The Kier molecular flexibility index (Phi) is 6.37. The van der Waals surface area contributed by atoms with Gasteiger partial charge in [-0.05, 0) is 43.2 Å². The minimum absolute atomic E-state index is 0.00492. The summed E-state index contributed by atoms with van der Waals surface area (Å²) in [4.78, 5) is 26.4. The SMILES string of the molecule is CCC(C(=O)NS(=O)(=O)c1ccc2ccccc2c1)C(=O)N(CC)CC. The smallest absolute Gasteiger partial charge is 0.264 e. The number of hydrogen-bond donors (Lipinski definition) is 1. The molecule has 0 radical (unpaired) electrons. The van der Waals surface area contributed by atoms with Crippen molar-refractivity contribution in [2.75, 3.05) is 13.1 Å². The molecule has 2 aromatic carbocycles. The largest absolute Gasteiger partial charge is 0.343 e. The van der Waals surface area contributed by atoms with E-state index in [2.05, 4.69) is 4.72 Å². The maximum Gasteiger partial charge on any atom is 0.264 e. The van der Waals surface area contributed by atoms with Crippen molar-refractivity contribution in [3.8, 4) is 0 Å². The number of fused-ring (bicyclic) bond motifs is 1. The Morgan fingerprint density at radius 1 is 1.00 bits per heavy atom. The second kappa shape index (κ2) is 8.31. The molecule has 2 amide bonds. The first-order chi connectivity index (χ1) is 12.3. The predicted octanol–water partition coefficient (Wildman–Crippen LogP) is 2.54. The van der Waals surface area contributed by atoms with Crippen LogP contribution in [-0.4, -0.2) is 38.2 Å². The number of sulfonamides is 1. The fourth-order valence-corrected chi connectivity index (χ4v) is 3.88. The van der Waals surface area contributed by atoms with Crippen molar-refractivity contribution in [2.45, 2.75) is 32.1 Å². The summed E-state index contributed by atoms with van der Waals surface area (Å²) in [7, 11) is -4.05. The predicted molar refractivity (Wildman–Crippen MR) is 101 cm³/mol. The van der Waals surface area contributed by atoms with Gasteiger partial charge in [-0.1, -0.05) is 37.3 Å². The van der Waals surface area contributed by atoms with Gasteiger partial charge in [0, 0.05) is 13.1 Å². The fourth-order valence-electron chi connectivity index (χ4n) is 2.82. The van der Waals surface area contributed by atoms with Crippen LogP contribution in [0.3, 0.4) is 0 Å². The molecule has 1 unspecified atom stereocenters. The first-order valence-electron chi connectivity index (χ1n) is 8.68. The minimum atomic E-state index is -4.05. The average Bonchev–Trinajstić information content (AvgIpc) is 2.62. The summed E-state index contributed by atoms with van der Waals surface area (Å²) in [6.45, 7) is 6.26. The summed E-state index contributed by atoms with van der Waals surface area (Å²) < 4.78 is 27.2. The topological polar surface area (TPSA) is 83.5 Å². The van der Waals surface area contributed by atoms with E-state index in [-0.39, 0.29) is 17.2 Å². The van der Waals surface area contributed by atoms with Gasteiger partial charge in [0.1, 0.15) is 5.92 Å². The molecular weight excluding hydrogens is 352 g/mol. The second-order valence-electron chi connectivity index (χ2n) is 5.95. The van der Waals surface area contributed by atoms with Crippen LogP contribution in [0, 0.1) is 5.92 Å². The van der Waals surface area contributed by atoms with Crippen LogP contribution < -0.4 is 4.72 Å². The van der Waals surface area contributed by atoms with Gasteiger partial charge in [0.15, 0.2) is 0 Å². The lowest BCUT2D eigenvalue weighted by molar-refractivity contribution is -0.141. The van der Waals surface area contributed by atoms with Gasteiger partial charge in [-0.3, -0.25) is 9.59 Å². The summed E-state index contributed by atoms with van der Waals surface area (Å²) in [6.07, 6.45) is 0.231. The highest BCUT2D eigenvalue weighted by Gasteiger charge is 2.31. The van der Waals surface area contributed by atoms with Gasteiger partial charge < -0.3 is 4.90 Å². The van der Waals surface area contributed by atoms with E-state index in [0.717, 1.165) is 10.8 Å². The van der Waals surface area contributed by atoms with Crippen LogP contribution in [0.2, 0.25) is 0 Å². The third kappa shape index (κ3) is 4.22. The highest BCUT2D eigenvalue weighted by atomic mass is 32.2. The Balaban J connectivity index is 2.25. The number of amides is 2. The number of carbonyl (C=O) groups excluding carboxylic acids is 2. The van der Waals surface area contributed by atoms with E-state index in [1.165, 1.54) is 17.0 Å². The third-order valence-electron chi connectivity index (χ3n) is 4.36. The van der Waals surface area contributed by atoms with Crippen molar-refractivity contribution in [2.24, 2.45) is 5.92 Å². The fraction of sp³-hybridized carbons (Fsp3) is 0.368. The number of hydrogen-bond acceptors (Lipinski definition) is 4. The second-order valence-corrected chi connectivity index (χ2v) is 7.63. The van der Waals surface area contributed by atoms with Crippen LogP contribution in [0.15, 0.2) is 47.4 Å². The van der Waals surface area contributed by atoms with E-state index in [9.17, 15) is 18.0 Å². The molecular formula is C19H24N2O4S. The van der Waals surface area contributed by atoms with Gasteiger partial charge in [-0.15, -0.1) is 0 Å². The zero-order valence-corrected chi connectivity index (χ0v) is 16.0. The molecule has 0 aliphatic carbocycles. The molecule has 1 N–H and O–H groups in total. The molecule has 1 atom stereocenters. The Bertz CT molecular complexity index is 905. The molecule has 7 heteroatoms. The average molecular weight is 376 g/mol. The third-order valence-corrected chi connectivity index (χ3v) is 5.71. The number of rotatable bonds is 7. The van der Waals surface area contributed by atoms with Crippen molar-refractivity contribution in [3.05, 3.63) is 42.5 Å². The normalized spacial score (nSPS) is 12.6. The van der Waals surface area contributed by atoms with Crippen LogP contribution in [0.25, 0.3) is 10.8 Å². The van der Waals surface area contributed by atoms with Crippen molar-refractivity contribution < 1.29 is 18.0 Å². The summed E-state index contributed by atoms with van der Waals surface area (Å²) >= 11 is 0. The van der Waals surface area contributed by atoms with Crippen molar-refractivity contribution >= 4 is 32.6 Å². The molecule has 0 fully saturated rings. The van der Waals surface area contributed by atoms with E-state index in [4.69, 9.17) is 0 Å². The van der Waals surface area contributed by atoms with Gasteiger partial charge in [-0.25, -0.2) is 13.1 Å². The van der Waals surface area contributed by atoms with Crippen molar-refractivity contribution in [3.63, 3.8) is 0 Å². The van der Waals surface area contributed by atoms with E-state index in [1.807, 2.05) is 32.0 Å². The molecule has 140 valence electrons. The first-order valence-corrected chi connectivity index (χ1v) is 10.2. The highest BCUT2D eigenvalue weighted by Crippen LogP contribution is 2.19. The number of benzene rings is 2. The molecule has 0 aliphatic heterocycles. The van der Waals surface area contributed by atoms with Crippen LogP contribution in [0.4, 0.5) is 0 Å². The van der Waals surface area contributed by atoms with Crippen LogP contribution in [0.1, 0.15) is 27.2 Å². The number of carbonyl (C=O) groups is 2. The molecule has 0 bridgehead atoms. The van der Waals surface area contributed by atoms with Crippen LogP contribution >= 0.6 is 0 Å². The maximum atomic E-state index is 12.6. The number of nitrogens with one attached hydrogen (secondary N) is 1. The summed E-state index contributed by atoms with van der Waals surface area (Å²) in [5, 5.41) is 1.66. The van der Waals surface area contributed by atoms with E-state index in [1.54, 1.807) is 19.1 Å². The van der Waals surface area contributed by atoms with E-state index in [0.29, 0.717) is 13.1 Å². The molecule has 6 nitrogen and oxygen atoms in total. The highest BCUT2D eigenvalue weighted by molar-refractivity contribution is 7.90. The quantitative estimate of drug-likeness (QED) is 0.753. The van der Waals surface area contributed by atoms with Gasteiger partial charge in [0.25, 0.3) is 10.0 Å². The lowest BCUT2D eigenvalue weighted by Crippen LogP contribution is -2.45. The number of nitrogens with zero attached hydrogens (tertiary/aromatic N) is 1. The molecule has 0 aromatic heterocycles. The Labute approximate surface area is 154 Å². The first kappa shape index (κ1) is 19.9. The standard InChI is InChI=1S/C19H24N2O4S/c1-4-17(19(23)21(5-2)6-3)18(22)20-26(24,25)16-12-11-14-9-7-8-10-15(14)13-16/h7-13,17H,4-6H2,1-3H3,(H,20,22). The van der Waals surface area contributed by atoms with Crippen LogP contribution in [0.5, 0.6) is 0 Å². The lowest BCUT2D eigenvalue weighted by Gasteiger charge is -2.23. The van der Waals surface area contributed by atoms with Gasteiger partial charge >= 0.3 is 0 Å². The molecule has 0 spiro atoms. The Hall–Kier alpha value is -2.41. The van der Waals surface area contributed by atoms with E-state index < -0.39 is 21.8 Å². The van der Waals surface area contributed by atoms with Gasteiger partial charge in [0.2, 0.25) is 11.8 Å².